The number of benzene rings is 1. The molecule has 0 amide bonds. The molecule has 0 aromatic heterocycles. The fourth-order valence-corrected chi connectivity index (χ4v) is 2.90. The average molecular weight is 238 g/mol. The lowest BCUT2D eigenvalue weighted by molar-refractivity contribution is 0.431. The zero-order chi connectivity index (χ0) is 11.4. The first-order valence-electron chi connectivity index (χ1n) is 6.24. The van der Waals surface area contributed by atoms with E-state index < -0.39 is 0 Å². The molecule has 0 radical (unpaired) electrons. The van der Waals surface area contributed by atoms with Crippen molar-refractivity contribution in [2.45, 2.75) is 44.6 Å². The van der Waals surface area contributed by atoms with Gasteiger partial charge in [0.2, 0.25) is 0 Å². The van der Waals surface area contributed by atoms with Crippen LogP contribution in [0.4, 0.5) is 0 Å². The lowest BCUT2D eigenvalue weighted by atomic mass is 9.91. The highest BCUT2D eigenvalue weighted by atomic mass is 35.5. The fraction of sp³-hybridized carbons (Fsp3) is 0.571. The molecule has 2 heteroatoms. The molecule has 88 valence electrons. The summed E-state index contributed by atoms with van der Waals surface area (Å²) in [6.07, 6.45) is 7.46. The van der Waals surface area contributed by atoms with Gasteiger partial charge in [0.1, 0.15) is 0 Å². The van der Waals surface area contributed by atoms with Crippen LogP contribution in [0.1, 0.15) is 37.7 Å². The van der Waals surface area contributed by atoms with Gasteiger partial charge in [0.05, 0.1) is 0 Å². The first-order valence-corrected chi connectivity index (χ1v) is 6.62. The summed E-state index contributed by atoms with van der Waals surface area (Å²) < 4.78 is 0. The van der Waals surface area contributed by atoms with Gasteiger partial charge in [-0.15, -0.1) is 0 Å². The number of halogens is 1. The lowest BCUT2D eigenvalue weighted by Crippen LogP contribution is -2.22. The third-order valence-corrected chi connectivity index (χ3v) is 3.72. The minimum Gasteiger partial charge on any atom is -0.328 e. The quantitative estimate of drug-likeness (QED) is 0.779. The number of hydrogen-bond donors (Lipinski definition) is 1. The monoisotopic (exact) mass is 237 g/mol. The van der Waals surface area contributed by atoms with Crippen molar-refractivity contribution in [3.8, 4) is 0 Å². The van der Waals surface area contributed by atoms with Gasteiger partial charge in [-0.3, -0.25) is 0 Å². The Morgan fingerprint density at radius 3 is 2.88 bits per heavy atom. The Hall–Kier alpha value is -0.530. The van der Waals surface area contributed by atoms with Crippen LogP contribution in [0.5, 0.6) is 0 Å². The highest BCUT2D eigenvalue weighted by molar-refractivity contribution is 6.30. The topological polar surface area (TPSA) is 26.0 Å². The molecule has 0 bridgehead atoms. The van der Waals surface area contributed by atoms with Crippen LogP contribution in [-0.2, 0) is 6.42 Å². The van der Waals surface area contributed by atoms with Crippen LogP contribution < -0.4 is 5.73 Å². The van der Waals surface area contributed by atoms with E-state index in [0.29, 0.717) is 6.04 Å². The molecule has 2 N–H and O–H groups in total. The van der Waals surface area contributed by atoms with Gasteiger partial charge in [-0.25, -0.2) is 0 Å². The van der Waals surface area contributed by atoms with E-state index in [2.05, 4.69) is 12.1 Å². The van der Waals surface area contributed by atoms with E-state index in [1.807, 2.05) is 12.1 Å². The molecule has 2 atom stereocenters. The average Bonchev–Trinajstić information content (AvgIpc) is 2.43. The van der Waals surface area contributed by atoms with Crippen LogP contribution in [0.15, 0.2) is 24.3 Å². The summed E-state index contributed by atoms with van der Waals surface area (Å²) in [4.78, 5) is 0. The van der Waals surface area contributed by atoms with E-state index >= 15 is 0 Å². The molecule has 1 aliphatic rings. The molecular weight excluding hydrogens is 218 g/mol. The highest BCUT2D eigenvalue weighted by Gasteiger charge is 2.17. The Morgan fingerprint density at radius 1 is 1.25 bits per heavy atom. The van der Waals surface area contributed by atoms with Gasteiger partial charge in [-0.2, -0.15) is 0 Å². The van der Waals surface area contributed by atoms with Crippen molar-refractivity contribution in [1.29, 1.82) is 0 Å². The second-order valence-electron chi connectivity index (χ2n) is 4.98. The van der Waals surface area contributed by atoms with Crippen molar-refractivity contribution in [2.24, 2.45) is 11.7 Å². The van der Waals surface area contributed by atoms with Crippen molar-refractivity contribution in [1.82, 2.24) is 0 Å². The summed E-state index contributed by atoms with van der Waals surface area (Å²) in [6, 6.07) is 8.63. The fourth-order valence-electron chi connectivity index (χ4n) is 2.69. The van der Waals surface area contributed by atoms with Gasteiger partial charge < -0.3 is 5.73 Å². The molecule has 1 aliphatic carbocycles. The summed E-state index contributed by atoms with van der Waals surface area (Å²) >= 11 is 6.00. The number of nitrogens with two attached hydrogens (primary N) is 1. The summed E-state index contributed by atoms with van der Waals surface area (Å²) in [5, 5.41) is 0.843. The van der Waals surface area contributed by atoms with Crippen molar-refractivity contribution in [3.63, 3.8) is 0 Å². The predicted molar refractivity (Wildman–Crippen MR) is 69.7 cm³/mol. The van der Waals surface area contributed by atoms with Gasteiger partial charge in [0, 0.05) is 11.1 Å². The molecule has 0 heterocycles. The number of rotatable bonds is 2. The Morgan fingerprint density at radius 2 is 2.06 bits per heavy atom. The van der Waals surface area contributed by atoms with E-state index in [-0.39, 0.29) is 0 Å². The maximum atomic E-state index is 6.08. The maximum Gasteiger partial charge on any atom is 0.0408 e. The standard InChI is InChI=1S/C14H20ClN/c15-13-6-3-5-11(9-13)8-12-4-1-2-7-14(16)10-12/h3,5-6,9,12,14H,1-2,4,7-8,10,16H2. The van der Waals surface area contributed by atoms with Gasteiger partial charge >= 0.3 is 0 Å². The zero-order valence-corrected chi connectivity index (χ0v) is 10.4. The predicted octanol–water partition coefficient (Wildman–Crippen LogP) is 3.79. The van der Waals surface area contributed by atoms with Crippen molar-refractivity contribution in [3.05, 3.63) is 34.9 Å². The second kappa shape index (κ2) is 5.70. The first kappa shape index (κ1) is 11.9. The third-order valence-electron chi connectivity index (χ3n) is 3.49. The molecule has 1 saturated carbocycles. The molecule has 1 fully saturated rings. The number of hydrogen-bond acceptors (Lipinski definition) is 1. The van der Waals surface area contributed by atoms with Gasteiger partial charge in [-0.1, -0.05) is 43.0 Å². The van der Waals surface area contributed by atoms with Crippen LogP contribution in [0.2, 0.25) is 5.02 Å². The van der Waals surface area contributed by atoms with Gasteiger partial charge in [-0.05, 0) is 42.9 Å². The smallest absolute Gasteiger partial charge is 0.0408 e. The summed E-state index contributed by atoms with van der Waals surface area (Å²) in [6.45, 7) is 0. The molecule has 0 spiro atoms. The minimum atomic E-state index is 0.409. The van der Waals surface area contributed by atoms with Crippen molar-refractivity contribution >= 4 is 11.6 Å². The van der Waals surface area contributed by atoms with Crippen molar-refractivity contribution in [2.75, 3.05) is 0 Å². The van der Waals surface area contributed by atoms with Gasteiger partial charge in [0.25, 0.3) is 0 Å². The van der Waals surface area contributed by atoms with E-state index in [4.69, 9.17) is 17.3 Å². The first-order chi connectivity index (χ1) is 7.74. The normalized spacial score (nSPS) is 26.4. The van der Waals surface area contributed by atoms with E-state index in [1.54, 1.807) is 0 Å². The Balaban J connectivity index is 1.97. The van der Waals surface area contributed by atoms with E-state index in [0.717, 1.165) is 17.4 Å². The molecule has 1 aromatic rings. The SMILES string of the molecule is NC1CCCCC(Cc2cccc(Cl)c2)C1. The second-order valence-corrected chi connectivity index (χ2v) is 5.42. The summed E-state index contributed by atoms with van der Waals surface area (Å²) in [7, 11) is 0. The van der Waals surface area contributed by atoms with E-state index in [9.17, 15) is 0 Å². The third kappa shape index (κ3) is 3.50. The van der Waals surface area contributed by atoms with Crippen LogP contribution in [0.3, 0.4) is 0 Å². The Bertz CT molecular complexity index is 337. The van der Waals surface area contributed by atoms with Crippen LogP contribution in [0.25, 0.3) is 0 Å². The molecule has 2 rings (SSSR count). The summed E-state index contributed by atoms with van der Waals surface area (Å²) in [5.74, 6) is 0.746. The largest absolute Gasteiger partial charge is 0.328 e. The van der Waals surface area contributed by atoms with Crippen molar-refractivity contribution < 1.29 is 0 Å². The minimum absolute atomic E-state index is 0.409. The molecular formula is C14H20ClN. The van der Waals surface area contributed by atoms with Crippen LogP contribution in [0, 0.1) is 5.92 Å². The van der Waals surface area contributed by atoms with Crippen LogP contribution in [-0.4, -0.2) is 6.04 Å². The molecule has 16 heavy (non-hydrogen) atoms. The van der Waals surface area contributed by atoms with Crippen LogP contribution >= 0.6 is 11.6 Å². The van der Waals surface area contributed by atoms with Gasteiger partial charge in [0.15, 0.2) is 0 Å². The molecule has 2 unspecified atom stereocenters. The molecule has 0 aliphatic heterocycles. The zero-order valence-electron chi connectivity index (χ0n) is 9.66. The maximum absolute atomic E-state index is 6.08. The summed E-state index contributed by atoms with van der Waals surface area (Å²) in [5.41, 5.74) is 7.44. The lowest BCUT2D eigenvalue weighted by Gasteiger charge is -2.17. The Labute approximate surface area is 103 Å². The highest BCUT2D eigenvalue weighted by Crippen LogP contribution is 2.26. The molecule has 1 aromatic carbocycles. The van der Waals surface area contributed by atoms with E-state index in [1.165, 1.54) is 37.7 Å². The Kier molecular flexibility index (Phi) is 4.25. The molecule has 1 nitrogen and oxygen atoms in total. The molecule has 0 saturated heterocycles.